The van der Waals surface area contributed by atoms with E-state index >= 15 is 0 Å². The topological polar surface area (TPSA) is 70.1 Å². The Kier molecular flexibility index (Phi) is 4.24. The molecule has 1 aromatic carbocycles. The molecule has 0 atom stereocenters. The minimum Gasteiger partial charge on any atom is -0.374 e. The van der Waals surface area contributed by atoms with Crippen LogP contribution in [0.4, 0.5) is 5.69 Å². The molecule has 0 aliphatic rings. The summed E-state index contributed by atoms with van der Waals surface area (Å²) in [6.45, 7) is 0.727. The standard InChI is InChI=1S/C13H14N6/c1-18(8-2-7-14)13-5-3-12(4-6-13)9-17-19-10-15-16-11-19/h3-6,9-11H,2,8H2,1H3. The zero-order chi connectivity index (χ0) is 13.5. The van der Waals surface area contributed by atoms with Gasteiger partial charge in [-0.15, -0.1) is 10.2 Å². The zero-order valence-electron chi connectivity index (χ0n) is 10.6. The summed E-state index contributed by atoms with van der Waals surface area (Å²) < 4.78 is 1.53. The molecule has 0 N–H and O–H groups in total. The van der Waals surface area contributed by atoms with Gasteiger partial charge in [-0.2, -0.15) is 10.4 Å². The monoisotopic (exact) mass is 254 g/mol. The first-order valence-electron chi connectivity index (χ1n) is 5.87. The lowest BCUT2D eigenvalue weighted by Crippen LogP contribution is -2.17. The molecule has 2 rings (SSSR count). The van der Waals surface area contributed by atoms with Crippen LogP contribution in [0.5, 0.6) is 0 Å². The van der Waals surface area contributed by atoms with Gasteiger partial charge in [-0.25, -0.2) is 4.68 Å². The van der Waals surface area contributed by atoms with E-state index in [9.17, 15) is 0 Å². The number of hydrogen-bond acceptors (Lipinski definition) is 5. The molecule has 0 amide bonds. The van der Waals surface area contributed by atoms with E-state index in [0.717, 1.165) is 17.8 Å². The number of rotatable bonds is 5. The number of hydrogen-bond donors (Lipinski definition) is 0. The van der Waals surface area contributed by atoms with Gasteiger partial charge in [0.1, 0.15) is 12.7 Å². The largest absolute Gasteiger partial charge is 0.374 e. The van der Waals surface area contributed by atoms with Gasteiger partial charge < -0.3 is 4.90 Å². The van der Waals surface area contributed by atoms with Gasteiger partial charge in [-0.3, -0.25) is 0 Å². The van der Waals surface area contributed by atoms with Crippen LogP contribution >= 0.6 is 0 Å². The highest BCUT2D eigenvalue weighted by Gasteiger charge is 1.99. The molecular weight excluding hydrogens is 240 g/mol. The van der Waals surface area contributed by atoms with Crippen molar-refractivity contribution in [3.63, 3.8) is 0 Å². The molecular formula is C13H14N6. The Labute approximate surface area is 111 Å². The third kappa shape index (κ3) is 3.64. The van der Waals surface area contributed by atoms with E-state index < -0.39 is 0 Å². The van der Waals surface area contributed by atoms with Gasteiger partial charge in [-0.05, 0) is 17.7 Å². The maximum atomic E-state index is 8.56. The number of benzene rings is 1. The fourth-order valence-corrected chi connectivity index (χ4v) is 1.55. The molecule has 0 unspecified atom stereocenters. The van der Waals surface area contributed by atoms with E-state index in [1.165, 1.54) is 17.3 Å². The SMILES string of the molecule is CN(CCC#N)c1ccc(C=Nn2cnnc2)cc1. The van der Waals surface area contributed by atoms with Gasteiger partial charge >= 0.3 is 0 Å². The van der Waals surface area contributed by atoms with E-state index in [1.54, 1.807) is 6.21 Å². The molecule has 0 aliphatic carbocycles. The molecule has 19 heavy (non-hydrogen) atoms. The van der Waals surface area contributed by atoms with Crippen LogP contribution in [0.15, 0.2) is 42.0 Å². The van der Waals surface area contributed by atoms with Gasteiger partial charge in [0, 0.05) is 19.3 Å². The van der Waals surface area contributed by atoms with Crippen molar-refractivity contribution in [1.82, 2.24) is 14.9 Å². The van der Waals surface area contributed by atoms with Gasteiger partial charge in [0.2, 0.25) is 0 Å². The van der Waals surface area contributed by atoms with Crippen LogP contribution in [0.2, 0.25) is 0 Å². The molecule has 0 fully saturated rings. The Bertz CT molecular complexity index is 564. The summed E-state index contributed by atoms with van der Waals surface area (Å²) in [5.74, 6) is 0. The average Bonchev–Trinajstić information content (AvgIpc) is 2.96. The summed E-state index contributed by atoms with van der Waals surface area (Å²) >= 11 is 0. The highest BCUT2D eigenvalue weighted by Crippen LogP contribution is 2.13. The molecule has 96 valence electrons. The smallest absolute Gasteiger partial charge is 0.141 e. The summed E-state index contributed by atoms with van der Waals surface area (Å²) in [7, 11) is 1.97. The first-order valence-corrected chi connectivity index (χ1v) is 5.87. The minimum atomic E-state index is 0.521. The fraction of sp³-hybridized carbons (Fsp3) is 0.231. The normalized spacial score (nSPS) is 10.5. The maximum absolute atomic E-state index is 8.56. The predicted molar refractivity (Wildman–Crippen MR) is 73.0 cm³/mol. The first kappa shape index (κ1) is 12.8. The van der Waals surface area contributed by atoms with E-state index in [1.807, 2.05) is 36.2 Å². The number of anilines is 1. The van der Waals surface area contributed by atoms with Crippen molar-refractivity contribution in [2.45, 2.75) is 6.42 Å². The maximum Gasteiger partial charge on any atom is 0.141 e. The third-order valence-corrected chi connectivity index (χ3v) is 2.64. The highest BCUT2D eigenvalue weighted by atomic mass is 15.4. The summed E-state index contributed by atoms with van der Waals surface area (Å²) in [4.78, 5) is 2.05. The lowest BCUT2D eigenvalue weighted by molar-refractivity contribution is 0.878. The Balaban J connectivity index is 2.00. The van der Waals surface area contributed by atoms with Crippen LogP contribution in [0.25, 0.3) is 0 Å². The van der Waals surface area contributed by atoms with Crippen molar-refractivity contribution in [3.05, 3.63) is 42.5 Å². The van der Waals surface area contributed by atoms with Crippen LogP contribution in [-0.2, 0) is 0 Å². The fourth-order valence-electron chi connectivity index (χ4n) is 1.55. The number of nitriles is 1. The van der Waals surface area contributed by atoms with Crippen molar-refractivity contribution in [2.24, 2.45) is 5.10 Å². The van der Waals surface area contributed by atoms with Crippen LogP contribution in [0.3, 0.4) is 0 Å². The second kappa shape index (κ2) is 6.31. The Morgan fingerprint density at radius 3 is 2.63 bits per heavy atom. The molecule has 1 heterocycles. The second-order valence-corrected chi connectivity index (χ2v) is 4.01. The van der Waals surface area contributed by atoms with E-state index in [2.05, 4.69) is 21.4 Å². The van der Waals surface area contributed by atoms with Gasteiger partial charge in [0.25, 0.3) is 0 Å². The van der Waals surface area contributed by atoms with E-state index in [4.69, 9.17) is 5.26 Å². The summed E-state index contributed by atoms with van der Waals surface area (Å²) in [5.41, 5.74) is 2.07. The quantitative estimate of drug-likeness (QED) is 0.758. The number of nitrogens with zero attached hydrogens (tertiary/aromatic N) is 6. The Morgan fingerprint density at radius 2 is 2.00 bits per heavy atom. The van der Waals surface area contributed by atoms with Crippen molar-refractivity contribution < 1.29 is 0 Å². The predicted octanol–water partition coefficient (Wildman–Crippen LogP) is 1.51. The highest BCUT2D eigenvalue weighted by molar-refractivity contribution is 5.80. The molecule has 6 heteroatoms. The third-order valence-electron chi connectivity index (χ3n) is 2.64. The molecule has 0 radical (unpaired) electrons. The van der Waals surface area contributed by atoms with Crippen LogP contribution in [0, 0.1) is 11.3 Å². The zero-order valence-corrected chi connectivity index (χ0v) is 10.6. The Morgan fingerprint density at radius 1 is 1.32 bits per heavy atom. The van der Waals surface area contributed by atoms with E-state index in [0.29, 0.717) is 6.42 Å². The molecule has 2 aromatic rings. The van der Waals surface area contributed by atoms with Crippen molar-refractivity contribution in [1.29, 1.82) is 5.26 Å². The van der Waals surface area contributed by atoms with Gasteiger partial charge in [0.05, 0.1) is 18.7 Å². The first-order chi connectivity index (χ1) is 9.29. The number of aromatic nitrogens is 3. The lowest BCUT2D eigenvalue weighted by atomic mass is 10.2. The van der Waals surface area contributed by atoms with Gasteiger partial charge in [0.15, 0.2) is 0 Å². The van der Waals surface area contributed by atoms with Crippen LogP contribution in [0.1, 0.15) is 12.0 Å². The summed E-state index contributed by atoms with van der Waals surface area (Å²) in [6, 6.07) is 10.1. The molecule has 0 saturated heterocycles. The second-order valence-electron chi connectivity index (χ2n) is 4.01. The molecule has 0 spiro atoms. The molecule has 0 aliphatic heterocycles. The van der Waals surface area contributed by atoms with Crippen molar-refractivity contribution in [3.8, 4) is 6.07 Å². The van der Waals surface area contributed by atoms with Crippen LogP contribution < -0.4 is 4.90 Å². The minimum absolute atomic E-state index is 0.521. The summed E-state index contributed by atoms with van der Waals surface area (Å²) in [6.07, 6.45) is 5.32. The van der Waals surface area contributed by atoms with Gasteiger partial charge in [-0.1, -0.05) is 12.1 Å². The average molecular weight is 254 g/mol. The van der Waals surface area contributed by atoms with E-state index in [-0.39, 0.29) is 0 Å². The Hall–Kier alpha value is -2.68. The molecule has 6 nitrogen and oxygen atoms in total. The molecule has 0 saturated carbocycles. The van der Waals surface area contributed by atoms with Crippen LogP contribution in [-0.4, -0.2) is 34.7 Å². The molecule has 1 aromatic heterocycles. The van der Waals surface area contributed by atoms with Crippen molar-refractivity contribution >= 4 is 11.9 Å². The molecule has 0 bridgehead atoms. The summed E-state index contributed by atoms with van der Waals surface area (Å²) in [5, 5.41) is 20.1. The lowest BCUT2D eigenvalue weighted by Gasteiger charge is -2.17. The van der Waals surface area contributed by atoms with Crippen molar-refractivity contribution in [2.75, 3.05) is 18.5 Å².